The van der Waals surface area contributed by atoms with E-state index in [2.05, 4.69) is 30.8 Å². The zero-order valence-electron chi connectivity index (χ0n) is 13.4. The Labute approximate surface area is 127 Å². The molecule has 1 fully saturated rings. The molecule has 0 bridgehead atoms. The summed E-state index contributed by atoms with van der Waals surface area (Å²) >= 11 is 0. The monoisotopic (exact) mass is 293 g/mol. The van der Waals surface area contributed by atoms with Crippen molar-refractivity contribution < 1.29 is 4.39 Å². The molecule has 1 aromatic carbocycles. The molecule has 1 heterocycles. The van der Waals surface area contributed by atoms with E-state index in [1.54, 1.807) is 12.1 Å². The fourth-order valence-electron chi connectivity index (χ4n) is 3.44. The van der Waals surface area contributed by atoms with Gasteiger partial charge >= 0.3 is 0 Å². The molecule has 1 aliphatic rings. The standard InChI is InChI=1S/C17H28FN3/c1-4-16(19)17(13-7-5-8-14(18)11-13)21-10-6-9-15(21)12-20(2)3/h5,7-8,11,15-17H,4,6,9-10,12,19H2,1-3H3. The van der Waals surface area contributed by atoms with Crippen molar-refractivity contribution in [1.82, 2.24) is 9.80 Å². The van der Waals surface area contributed by atoms with Crippen molar-refractivity contribution in [2.75, 3.05) is 27.2 Å². The fourth-order valence-corrected chi connectivity index (χ4v) is 3.44. The molecule has 3 nitrogen and oxygen atoms in total. The molecule has 0 spiro atoms. The van der Waals surface area contributed by atoms with E-state index in [9.17, 15) is 4.39 Å². The topological polar surface area (TPSA) is 32.5 Å². The Kier molecular flexibility index (Phi) is 5.73. The van der Waals surface area contributed by atoms with Crippen LogP contribution in [0.4, 0.5) is 4.39 Å². The number of nitrogens with zero attached hydrogens (tertiary/aromatic N) is 2. The van der Waals surface area contributed by atoms with Gasteiger partial charge in [-0.25, -0.2) is 4.39 Å². The van der Waals surface area contributed by atoms with Crippen LogP contribution in [0.15, 0.2) is 24.3 Å². The summed E-state index contributed by atoms with van der Waals surface area (Å²) in [5.74, 6) is -0.177. The van der Waals surface area contributed by atoms with Gasteiger partial charge in [0.15, 0.2) is 0 Å². The van der Waals surface area contributed by atoms with Crippen molar-refractivity contribution in [2.24, 2.45) is 5.73 Å². The normalized spacial score (nSPS) is 22.7. The predicted octanol–water partition coefficient (Wildman–Crippen LogP) is 2.63. The number of hydrogen-bond donors (Lipinski definition) is 1. The summed E-state index contributed by atoms with van der Waals surface area (Å²) in [6.07, 6.45) is 3.29. The number of likely N-dealkylation sites (tertiary alicyclic amines) is 1. The van der Waals surface area contributed by atoms with Crippen molar-refractivity contribution in [2.45, 2.75) is 44.3 Å². The number of likely N-dealkylation sites (N-methyl/N-ethyl adjacent to an activating group) is 1. The van der Waals surface area contributed by atoms with E-state index in [-0.39, 0.29) is 17.9 Å². The Hall–Kier alpha value is -0.970. The molecule has 1 saturated heterocycles. The summed E-state index contributed by atoms with van der Waals surface area (Å²) in [7, 11) is 4.21. The first kappa shape index (κ1) is 16.4. The molecular weight excluding hydrogens is 265 g/mol. The summed E-state index contributed by atoms with van der Waals surface area (Å²) < 4.78 is 13.6. The maximum Gasteiger partial charge on any atom is 0.123 e. The van der Waals surface area contributed by atoms with E-state index in [0.29, 0.717) is 6.04 Å². The maximum atomic E-state index is 13.6. The summed E-state index contributed by atoms with van der Waals surface area (Å²) in [6, 6.07) is 7.59. The zero-order valence-corrected chi connectivity index (χ0v) is 13.4. The van der Waals surface area contributed by atoms with Crippen LogP contribution in [0.1, 0.15) is 37.8 Å². The molecule has 1 aliphatic heterocycles. The number of benzene rings is 1. The van der Waals surface area contributed by atoms with E-state index >= 15 is 0 Å². The fraction of sp³-hybridized carbons (Fsp3) is 0.647. The Balaban J connectivity index is 2.27. The van der Waals surface area contributed by atoms with Crippen molar-refractivity contribution in [3.8, 4) is 0 Å². The van der Waals surface area contributed by atoms with Gasteiger partial charge in [-0.15, -0.1) is 0 Å². The van der Waals surface area contributed by atoms with Crippen molar-refractivity contribution in [3.05, 3.63) is 35.6 Å². The summed E-state index contributed by atoms with van der Waals surface area (Å²) in [6.45, 7) is 4.18. The Morgan fingerprint density at radius 3 is 2.81 bits per heavy atom. The Bertz CT molecular complexity index is 449. The first-order chi connectivity index (χ1) is 10.0. The van der Waals surface area contributed by atoms with E-state index in [1.807, 2.05) is 6.07 Å². The molecule has 0 aromatic heterocycles. The van der Waals surface area contributed by atoms with Crippen LogP contribution in [0.3, 0.4) is 0 Å². The Morgan fingerprint density at radius 1 is 1.43 bits per heavy atom. The van der Waals surface area contributed by atoms with Crippen LogP contribution in [-0.2, 0) is 0 Å². The summed E-state index contributed by atoms with van der Waals surface area (Å²) in [5, 5.41) is 0. The molecule has 21 heavy (non-hydrogen) atoms. The van der Waals surface area contributed by atoms with E-state index < -0.39 is 0 Å². The molecule has 3 unspecified atom stereocenters. The van der Waals surface area contributed by atoms with Gasteiger partial charge in [-0.1, -0.05) is 19.1 Å². The lowest BCUT2D eigenvalue weighted by molar-refractivity contribution is 0.131. The van der Waals surface area contributed by atoms with Crippen molar-refractivity contribution in [3.63, 3.8) is 0 Å². The van der Waals surface area contributed by atoms with Crippen molar-refractivity contribution in [1.29, 1.82) is 0 Å². The highest BCUT2D eigenvalue weighted by Gasteiger charge is 2.34. The molecule has 0 aliphatic carbocycles. The van der Waals surface area contributed by atoms with E-state index in [1.165, 1.54) is 18.9 Å². The lowest BCUT2D eigenvalue weighted by Crippen LogP contribution is -2.46. The largest absolute Gasteiger partial charge is 0.326 e. The highest BCUT2D eigenvalue weighted by atomic mass is 19.1. The molecule has 118 valence electrons. The molecule has 2 N–H and O–H groups in total. The Morgan fingerprint density at radius 2 is 2.19 bits per heavy atom. The van der Waals surface area contributed by atoms with Crippen LogP contribution < -0.4 is 5.73 Å². The number of halogens is 1. The lowest BCUT2D eigenvalue weighted by Gasteiger charge is -2.37. The first-order valence-electron chi connectivity index (χ1n) is 7.94. The summed E-state index contributed by atoms with van der Waals surface area (Å²) in [5.41, 5.74) is 7.40. The maximum absolute atomic E-state index is 13.6. The number of hydrogen-bond acceptors (Lipinski definition) is 3. The van der Waals surface area contributed by atoms with Crippen LogP contribution in [-0.4, -0.2) is 49.1 Å². The minimum Gasteiger partial charge on any atom is -0.326 e. The first-order valence-corrected chi connectivity index (χ1v) is 7.94. The molecule has 0 radical (unpaired) electrons. The third-order valence-electron chi connectivity index (χ3n) is 4.42. The zero-order chi connectivity index (χ0) is 15.4. The van der Waals surface area contributed by atoms with Gasteiger partial charge < -0.3 is 10.6 Å². The molecule has 1 aromatic rings. The molecule has 0 amide bonds. The van der Waals surface area contributed by atoms with Gasteiger partial charge in [0.2, 0.25) is 0 Å². The van der Waals surface area contributed by atoms with Crippen LogP contribution in [0.25, 0.3) is 0 Å². The SMILES string of the molecule is CCC(N)C(c1cccc(F)c1)N1CCCC1CN(C)C. The van der Waals surface area contributed by atoms with Crippen LogP contribution in [0.5, 0.6) is 0 Å². The quantitative estimate of drug-likeness (QED) is 0.875. The highest BCUT2D eigenvalue weighted by molar-refractivity contribution is 5.22. The molecular formula is C17H28FN3. The van der Waals surface area contributed by atoms with Gasteiger partial charge in [0.1, 0.15) is 5.82 Å². The summed E-state index contributed by atoms with van der Waals surface area (Å²) in [4.78, 5) is 4.71. The van der Waals surface area contributed by atoms with E-state index in [4.69, 9.17) is 5.73 Å². The van der Waals surface area contributed by atoms with Crippen LogP contribution in [0, 0.1) is 5.82 Å². The van der Waals surface area contributed by atoms with E-state index in [0.717, 1.165) is 25.1 Å². The van der Waals surface area contributed by atoms with Gasteiger partial charge in [0.05, 0.1) is 6.04 Å². The second-order valence-corrected chi connectivity index (χ2v) is 6.37. The predicted molar refractivity (Wildman–Crippen MR) is 85.7 cm³/mol. The molecule has 0 saturated carbocycles. The minimum atomic E-state index is -0.177. The van der Waals surface area contributed by atoms with Gasteiger partial charge in [-0.05, 0) is 57.6 Å². The number of rotatable bonds is 6. The number of nitrogens with two attached hydrogens (primary N) is 1. The second kappa shape index (κ2) is 7.34. The van der Waals surface area contributed by atoms with Crippen LogP contribution >= 0.6 is 0 Å². The highest BCUT2D eigenvalue weighted by Crippen LogP contribution is 2.32. The molecule has 3 atom stereocenters. The third-order valence-corrected chi connectivity index (χ3v) is 4.42. The third kappa shape index (κ3) is 4.02. The van der Waals surface area contributed by atoms with Gasteiger partial charge in [0, 0.05) is 18.6 Å². The minimum absolute atomic E-state index is 0.0366. The molecule has 2 rings (SSSR count). The van der Waals surface area contributed by atoms with Gasteiger partial charge in [-0.2, -0.15) is 0 Å². The van der Waals surface area contributed by atoms with Gasteiger partial charge in [0.25, 0.3) is 0 Å². The van der Waals surface area contributed by atoms with Gasteiger partial charge in [-0.3, -0.25) is 4.90 Å². The lowest BCUT2D eigenvalue weighted by atomic mass is 9.95. The average molecular weight is 293 g/mol. The van der Waals surface area contributed by atoms with Crippen LogP contribution in [0.2, 0.25) is 0 Å². The average Bonchev–Trinajstić information content (AvgIpc) is 2.86. The second-order valence-electron chi connectivity index (χ2n) is 6.37. The smallest absolute Gasteiger partial charge is 0.123 e. The van der Waals surface area contributed by atoms with Crippen molar-refractivity contribution >= 4 is 0 Å². The molecule has 4 heteroatoms.